The van der Waals surface area contributed by atoms with Crippen molar-refractivity contribution >= 4 is 22.5 Å². The van der Waals surface area contributed by atoms with Gasteiger partial charge in [-0.2, -0.15) is 0 Å². The monoisotopic (exact) mass is 338 g/mol. The zero-order valence-corrected chi connectivity index (χ0v) is 13.7. The smallest absolute Gasteiger partial charge is 0.273 e. The Hall–Kier alpha value is -3.35. The number of phenols is 2. The molecular formula is C18H18N4O3. The van der Waals surface area contributed by atoms with Gasteiger partial charge in [-0.05, 0) is 12.5 Å². The van der Waals surface area contributed by atoms with Crippen LogP contribution in [0, 0.1) is 0 Å². The maximum absolute atomic E-state index is 12.2. The number of nitrogens with one attached hydrogen (secondary N) is 1. The SMILES string of the molecule is CCCNC(=O)c1nnc2c(-c3cccc(O)c3O)cccc2c1N. The van der Waals surface area contributed by atoms with Gasteiger partial charge in [-0.3, -0.25) is 4.79 Å². The summed E-state index contributed by atoms with van der Waals surface area (Å²) in [4.78, 5) is 12.2. The molecule has 0 aliphatic rings. The summed E-state index contributed by atoms with van der Waals surface area (Å²) >= 11 is 0. The Morgan fingerprint density at radius 2 is 1.84 bits per heavy atom. The number of amides is 1. The van der Waals surface area contributed by atoms with E-state index in [1.807, 2.05) is 6.92 Å². The van der Waals surface area contributed by atoms with Crippen molar-refractivity contribution in [3.05, 3.63) is 42.1 Å². The molecule has 0 saturated heterocycles. The van der Waals surface area contributed by atoms with Crippen LogP contribution in [0.3, 0.4) is 0 Å². The zero-order valence-electron chi connectivity index (χ0n) is 13.7. The van der Waals surface area contributed by atoms with Crippen LogP contribution in [0.4, 0.5) is 5.69 Å². The number of nitrogens with two attached hydrogens (primary N) is 1. The van der Waals surface area contributed by atoms with Crippen molar-refractivity contribution in [2.45, 2.75) is 13.3 Å². The zero-order chi connectivity index (χ0) is 18.0. The average molecular weight is 338 g/mol. The molecule has 0 aliphatic carbocycles. The topological polar surface area (TPSA) is 121 Å². The number of nitrogen functional groups attached to an aromatic ring is 1. The van der Waals surface area contributed by atoms with E-state index >= 15 is 0 Å². The molecule has 0 aliphatic heterocycles. The minimum Gasteiger partial charge on any atom is -0.504 e. The van der Waals surface area contributed by atoms with Crippen molar-refractivity contribution in [2.75, 3.05) is 12.3 Å². The predicted molar refractivity (Wildman–Crippen MR) is 95.3 cm³/mol. The van der Waals surface area contributed by atoms with Crippen LogP contribution < -0.4 is 11.1 Å². The van der Waals surface area contributed by atoms with E-state index in [9.17, 15) is 15.0 Å². The summed E-state index contributed by atoms with van der Waals surface area (Å²) in [7, 11) is 0. The second kappa shape index (κ2) is 6.64. The molecule has 0 bridgehead atoms. The van der Waals surface area contributed by atoms with Gasteiger partial charge in [0, 0.05) is 23.1 Å². The normalized spacial score (nSPS) is 10.8. The van der Waals surface area contributed by atoms with Crippen molar-refractivity contribution in [3.8, 4) is 22.6 Å². The van der Waals surface area contributed by atoms with E-state index in [2.05, 4.69) is 15.5 Å². The molecule has 1 aromatic heterocycles. The van der Waals surface area contributed by atoms with Crippen LogP contribution in [-0.4, -0.2) is 32.9 Å². The fourth-order valence-electron chi connectivity index (χ4n) is 2.61. The second-order valence-electron chi connectivity index (χ2n) is 5.59. The first-order chi connectivity index (χ1) is 12.0. The molecule has 25 heavy (non-hydrogen) atoms. The molecule has 0 radical (unpaired) electrons. The fourth-order valence-corrected chi connectivity index (χ4v) is 2.61. The third-order valence-electron chi connectivity index (χ3n) is 3.89. The Morgan fingerprint density at radius 1 is 1.12 bits per heavy atom. The van der Waals surface area contributed by atoms with Gasteiger partial charge in [0.25, 0.3) is 5.91 Å². The number of anilines is 1. The molecule has 1 amide bonds. The summed E-state index contributed by atoms with van der Waals surface area (Å²) in [5, 5.41) is 31.2. The Morgan fingerprint density at radius 3 is 2.60 bits per heavy atom. The van der Waals surface area contributed by atoms with Gasteiger partial charge < -0.3 is 21.3 Å². The van der Waals surface area contributed by atoms with Crippen molar-refractivity contribution in [3.63, 3.8) is 0 Å². The number of aromatic hydroxyl groups is 2. The molecule has 7 nitrogen and oxygen atoms in total. The van der Waals surface area contributed by atoms with E-state index in [1.165, 1.54) is 6.07 Å². The van der Waals surface area contributed by atoms with Crippen LogP contribution in [0.15, 0.2) is 36.4 Å². The van der Waals surface area contributed by atoms with Gasteiger partial charge in [0.05, 0.1) is 5.69 Å². The summed E-state index contributed by atoms with van der Waals surface area (Å²) in [5.74, 6) is -0.856. The highest BCUT2D eigenvalue weighted by atomic mass is 16.3. The number of fused-ring (bicyclic) bond motifs is 1. The summed E-state index contributed by atoms with van der Waals surface area (Å²) < 4.78 is 0. The molecule has 7 heteroatoms. The highest BCUT2D eigenvalue weighted by molar-refractivity contribution is 6.07. The summed E-state index contributed by atoms with van der Waals surface area (Å²) in [6.07, 6.45) is 0.799. The van der Waals surface area contributed by atoms with Gasteiger partial charge in [-0.1, -0.05) is 37.3 Å². The minimum atomic E-state index is -0.376. The molecule has 1 heterocycles. The first-order valence-corrected chi connectivity index (χ1v) is 7.89. The summed E-state index contributed by atoms with van der Waals surface area (Å²) in [6.45, 7) is 2.47. The largest absolute Gasteiger partial charge is 0.504 e. The van der Waals surface area contributed by atoms with Crippen molar-refractivity contribution in [2.24, 2.45) is 0 Å². The van der Waals surface area contributed by atoms with E-state index in [1.54, 1.807) is 30.3 Å². The minimum absolute atomic E-state index is 0.0678. The lowest BCUT2D eigenvalue weighted by Crippen LogP contribution is -2.26. The molecule has 3 aromatic rings. The molecule has 0 unspecified atom stereocenters. The van der Waals surface area contributed by atoms with Gasteiger partial charge in [0.1, 0.15) is 5.52 Å². The lowest BCUT2D eigenvalue weighted by molar-refractivity contribution is 0.0949. The molecule has 5 N–H and O–H groups in total. The molecule has 0 atom stereocenters. The average Bonchev–Trinajstić information content (AvgIpc) is 2.62. The molecule has 3 rings (SSSR count). The van der Waals surface area contributed by atoms with Crippen molar-refractivity contribution in [1.82, 2.24) is 15.5 Å². The maximum Gasteiger partial charge on any atom is 0.273 e. The number of phenolic OH excluding ortho intramolecular Hbond substituents is 2. The van der Waals surface area contributed by atoms with Crippen LogP contribution in [0.25, 0.3) is 22.0 Å². The molecular weight excluding hydrogens is 320 g/mol. The number of aromatic nitrogens is 2. The van der Waals surface area contributed by atoms with E-state index in [0.29, 0.717) is 28.6 Å². The lowest BCUT2D eigenvalue weighted by Gasteiger charge is -2.11. The third-order valence-corrected chi connectivity index (χ3v) is 3.89. The van der Waals surface area contributed by atoms with E-state index in [0.717, 1.165) is 6.42 Å². The summed E-state index contributed by atoms with van der Waals surface area (Å²) in [6, 6.07) is 9.88. The highest BCUT2D eigenvalue weighted by Crippen LogP contribution is 2.39. The highest BCUT2D eigenvalue weighted by Gasteiger charge is 2.18. The van der Waals surface area contributed by atoms with Gasteiger partial charge >= 0.3 is 0 Å². The Labute approximate surface area is 144 Å². The second-order valence-corrected chi connectivity index (χ2v) is 5.59. The molecule has 2 aromatic carbocycles. The lowest BCUT2D eigenvalue weighted by atomic mass is 10.00. The van der Waals surface area contributed by atoms with Gasteiger partial charge in [0.2, 0.25) is 0 Å². The number of para-hydroxylation sites is 1. The first-order valence-electron chi connectivity index (χ1n) is 7.89. The Bertz CT molecular complexity index is 956. The molecule has 0 spiro atoms. The van der Waals surface area contributed by atoms with E-state index in [4.69, 9.17) is 5.73 Å². The number of carbonyl (C=O) groups excluding carboxylic acids is 1. The summed E-state index contributed by atoms with van der Waals surface area (Å²) in [5.41, 5.74) is 7.83. The quantitative estimate of drug-likeness (QED) is 0.542. The van der Waals surface area contributed by atoms with Crippen LogP contribution in [0.2, 0.25) is 0 Å². The maximum atomic E-state index is 12.2. The predicted octanol–water partition coefficient (Wildman–Crippen LogP) is 2.43. The number of benzene rings is 2. The Kier molecular flexibility index (Phi) is 4.38. The van der Waals surface area contributed by atoms with Crippen LogP contribution in [0.5, 0.6) is 11.5 Å². The number of nitrogens with zero attached hydrogens (tertiary/aromatic N) is 2. The fraction of sp³-hybridized carbons (Fsp3) is 0.167. The van der Waals surface area contributed by atoms with Gasteiger partial charge in [-0.15, -0.1) is 10.2 Å². The standard InChI is InChI=1S/C18H18N4O3/c1-2-9-20-18(25)16-14(19)12-7-3-5-10(15(12)21-22-16)11-6-4-8-13(23)17(11)24/h3-8,23-24H,2,9H2,1H3,(H2,19,21)(H,20,25). The number of hydrogen-bond acceptors (Lipinski definition) is 6. The number of rotatable bonds is 4. The molecule has 0 fully saturated rings. The molecule has 128 valence electrons. The molecule has 0 saturated carbocycles. The van der Waals surface area contributed by atoms with Crippen molar-refractivity contribution in [1.29, 1.82) is 0 Å². The Balaban J connectivity index is 2.17. The van der Waals surface area contributed by atoms with Crippen LogP contribution in [-0.2, 0) is 0 Å². The number of hydrogen-bond donors (Lipinski definition) is 4. The van der Waals surface area contributed by atoms with Crippen LogP contribution in [0.1, 0.15) is 23.8 Å². The first kappa shape index (κ1) is 16.5. The van der Waals surface area contributed by atoms with Crippen molar-refractivity contribution < 1.29 is 15.0 Å². The van der Waals surface area contributed by atoms with Crippen LogP contribution >= 0.6 is 0 Å². The van der Waals surface area contributed by atoms with E-state index in [-0.39, 0.29) is 28.8 Å². The van der Waals surface area contributed by atoms with Gasteiger partial charge in [0.15, 0.2) is 17.2 Å². The number of carbonyl (C=O) groups is 1. The van der Waals surface area contributed by atoms with E-state index < -0.39 is 0 Å². The van der Waals surface area contributed by atoms with Gasteiger partial charge in [-0.25, -0.2) is 0 Å². The third kappa shape index (κ3) is 2.91.